The molecule has 0 bridgehead atoms. The minimum absolute atomic E-state index is 0.141. The van der Waals surface area contributed by atoms with Crippen molar-refractivity contribution < 1.29 is 13.3 Å². The number of rotatable bonds is 4. The summed E-state index contributed by atoms with van der Waals surface area (Å²) in [6, 6.07) is 8.11. The highest BCUT2D eigenvalue weighted by Crippen LogP contribution is 2.32. The number of halogens is 1. The van der Waals surface area contributed by atoms with E-state index in [4.69, 9.17) is 8.94 Å². The largest absolute Gasteiger partial charge is 0.424 e. The van der Waals surface area contributed by atoms with Gasteiger partial charge in [0.15, 0.2) is 5.89 Å². The van der Waals surface area contributed by atoms with E-state index in [2.05, 4.69) is 21.2 Å². The summed E-state index contributed by atoms with van der Waals surface area (Å²) >= 11 is 0. The molecule has 1 aliphatic rings. The Hall–Kier alpha value is -3.21. The van der Waals surface area contributed by atoms with Gasteiger partial charge in [-0.25, -0.2) is 9.37 Å². The summed E-state index contributed by atoms with van der Waals surface area (Å²) in [4.78, 5) is 10.7. The Labute approximate surface area is 155 Å². The fraction of sp³-hybridized carbons (Fsp3) is 0.368. The maximum atomic E-state index is 13.1. The van der Waals surface area contributed by atoms with Crippen LogP contribution in [0.1, 0.15) is 43.2 Å². The van der Waals surface area contributed by atoms with E-state index >= 15 is 0 Å². The van der Waals surface area contributed by atoms with Crippen LogP contribution in [0.5, 0.6) is 0 Å². The Morgan fingerprint density at radius 1 is 1.22 bits per heavy atom. The van der Waals surface area contributed by atoms with Gasteiger partial charge in [-0.3, -0.25) is 0 Å². The molecule has 2 aromatic heterocycles. The first kappa shape index (κ1) is 17.2. The molecular weight excluding hydrogens is 349 g/mol. The highest BCUT2D eigenvalue weighted by atomic mass is 19.1. The molecule has 0 aliphatic carbocycles. The van der Waals surface area contributed by atoms with E-state index in [0.717, 1.165) is 18.4 Å². The summed E-state index contributed by atoms with van der Waals surface area (Å²) in [6.45, 7) is 3.37. The zero-order valence-corrected chi connectivity index (χ0v) is 14.9. The molecule has 1 saturated heterocycles. The van der Waals surface area contributed by atoms with Crippen LogP contribution >= 0.6 is 0 Å². The van der Waals surface area contributed by atoms with E-state index in [-0.39, 0.29) is 11.7 Å². The zero-order valence-electron chi connectivity index (χ0n) is 14.9. The molecule has 138 valence electrons. The molecule has 1 aliphatic heterocycles. The summed E-state index contributed by atoms with van der Waals surface area (Å²) in [7, 11) is 0. The molecule has 7 nitrogen and oxygen atoms in total. The molecule has 0 unspecified atom stereocenters. The second kappa shape index (κ2) is 7.19. The van der Waals surface area contributed by atoms with E-state index in [0.29, 0.717) is 48.7 Å². The molecule has 8 heteroatoms. The van der Waals surface area contributed by atoms with Gasteiger partial charge in [0.25, 0.3) is 0 Å². The molecule has 1 fully saturated rings. The first-order chi connectivity index (χ1) is 13.2. The van der Waals surface area contributed by atoms with Crippen molar-refractivity contribution in [2.24, 2.45) is 0 Å². The van der Waals surface area contributed by atoms with Gasteiger partial charge in [0.1, 0.15) is 11.9 Å². The highest BCUT2D eigenvalue weighted by Gasteiger charge is 2.28. The Bertz CT molecular complexity index is 965. The molecule has 3 aromatic rings. The summed E-state index contributed by atoms with van der Waals surface area (Å²) in [6.07, 6.45) is 2.26. The third-order valence-corrected chi connectivity index (χ3v) is 4.74. The standard InChI is InChI=1S/C19H18FN5O2/c1-2-16-22-15(11-21)19(26-16)25-9-7-13(8-10-25)18-23-17(24-27-18)12-3-5-14(20)6-4-12/h3-6,13H,2,7-10H2,1H3. The van der Waals surface area contributed by atoms with Crippen molar-refractivity contribution >= 4 is 5.88 Å². The van der Waals surface area contributed by atoms with E-state index in [1.807, 2.05) is 11.8 Å². The zero-order chi connectivity index (χ0) is 18.8. The van der Waals surface area contributed by atoms with Crippen LogP contribution in [0.15, 0.2) is 33.2 Å². The van der Waals surface area contributed by atoms with Gasteiger partial charge in [-0.1, -0.05) is 12.1 Å². The van der Waals surface area contributed by atoms with Crippen LogP contribution in [0.2, 0.25) is 0 Å². The molecule has 0 amide bonds. The number of aromatic nitrogens is 3. The van der Waals surface area contributed by atoms with Crippen LogP contribution in [0.25, 0.3) is 11.4 Å². The first-order valence-corrected chi connectivity index (χ1v) is 8.92. The third kappa shape index (κ3) is 3.40. The van der Waals surface area contributed by atoms with Crippen LogP contribution in [0.3, 0.4) is 0 Å². The van der Waals surface area contributed by atoms with Crippen molar-refractivity contribution in [2.45, 2.75) is 32.1 Å². The van der Waals surface area contributed by atoms with Crippen LogP contribution in [-0.2, 0) is 6.42 Å². The quantitative estimate of drug-likeness (QED) is 0.694. The van der Waals surface area contributed by atoms with Gasteiger partial charge in [0, 0.05) is 31.0 Å². The van der Waals surface area contributed by atoms with Crippen LogP contribution in [0.4, 0.5) is 10.3 Å². The van der Waals surface area contributed by atoms with E-state index in [9.17, 15) is 9.65 Å². The van der Waals surface area contributed by atoms with Gasteiger partial charge in [0.05, 0.1) is 0 Å². The molecule has 0 spiro atoms. The van der Waals surface area contributed by atoms with Crippen molar-refractivity contribution in [3.63, 3.8) is 0 Å². The molecule has 1 aromatic carbocycles. The van der Waals surface area contributed by atoms with Crippen molar-refractivity contribution in [1.29, 1.82) is 5.26 Å². The molecule has 0 saturated carbocycles. The first-order valence-electron chi connectivity index (χ1n) is 8.92. The number of nitrogens with zero attached hydrogens (tertiary/aromatic N) is 5. The monoisotopic (exact) mass is 367 g/mol. The van der Waals surface area contributed by atoms with Crippen LogP contribution in [0, 0.1) is 17.1 Å². The summed E-state index contributed by atoms with van der Waals surface area (Å²) in [5.74, 6) is 2.01. The lowest BCUT2D eigenvalue weighted by Gasteiger charge is -2.29. The molecule has 0 N–H and O–H groups in total. The molecule has 27 heavy (non-hydrogen) atoms. The van der Waals surface area contributed by atoms with Crippen molar-refractivity contribution in [2.75, 3.05) is 18.0 Å². The Kier molecular flexibility index (Phi) is 4.59. The topological polar surface area (TPSA) is 92.0 Å². The Morgan fingerprint density at radius 2 is 1.96 bits per heavy atom. The molecular formula is C19H18FN5O2. The Morgan fingerprint density at radius 3 is 2.63 bits per heavy atom. The van der Waals surface area contributed by atoms with Gasteiger partial charge in [0.2, 0.25) is 23.3 Å². The number of benzene rings is 1. The number of anilines is 1. The maximum Gasteiger partial charge on any atom is 0.234 e. The number of hydrogen-bond donors (Lipinski definition) is 0. The third-order valence-electron chi connectivity index (χ3n) is 4.74. The van der Waals surface area contributed by atoms with Crippen molar-refractivity contribution in [3.05, 3.63) is 47.6 Å². The van der Waals surface area contributed by atoms with Gasteiger partial charge in [-0.05, 0) is 37.1 Å². The predicted octanol–water partition coefficient (Wildman–Crippen LogP) is 3.68. The highest BCUT2D eigenvalue weighted by molar-refractivity contribution is 5.54. The van der Waals surface area contributed by atoms with Gasteiger partial charge >= 0.3 is 0 Å². The second-order valence-corrected chi connectivity index (χ2v) is 6.45. The van der Waals surface area contributed by atoms with E-state index < -0.39 is 0 Å². The Balaban J connectivity index is 1.45. The molecule has 4 rings (SSSR count). The lowest BCUT2D eigenvalue weighted by Crippen LogP contribution is -2.33. The van der Waals surface area contributed by atoms with Gasteiger partial charge in [-0.2, -0.15) is 10.2 Å². The smallest absolute Gasteiger partial charge is 0.234 e. The fourth-order valence-corrected chi connectivity index (χ4v) is 3.24. The van der Waals surface area contributed by atoms with Crippen LogP contribution in [-0.4, -0.2) is 28.2 Å². The SMILES string of the molecule is CCc1nc(C#N)c(N2CCC(c3nc(-c4ccc(F)cc4)no3)CC2)o1. The normalized spacial score (nSPS) is 15.1. The lowest BCUT2D eigenvalue weighted by molar-refractivity contribution is 0.326. The summed E-state index contributed by atoms with van der Waals surface area (Å²) in [5.41, 5.74) is 1.05. The fourth-order valence-electron chi connectivity index (χ4n) is 3.24. The van der Waals surface area contributed by atoms with Gasteiger partial charge in [-0.15, -0.1) is 0 Å². The van der Waals surface area contributed by atoms with Crippen molar-refractivity contribution in [3.8, 4) is 17.5 Å². The van der Waals surface area contributed by atoms with Gasteiger partial charge < -0.3 is 13.8 Å². The van der Waals surface area contributed by atoms with E-state index in [1.54, 1.807) is 12.1 Å². The molecule has 0 atom stereocenters. The minimum atomic E-state index is -0.301. The van der Waals surface area contributed by atoms with E-state index in [1.165, 1.54) is 12.1 Å². The average Bonchev–Trinajstić information content (AvgIpc) is 3.36. The maximum absolute atomic E-state index is 13.1. The second-order valence-electron chi connectivity index (χ2n) is 6.45. The number of hydrogen-bond acceptors (Lipinski definition) is 7. The summed E-state index contributed by atoms with van der Waals surface area (Å²) in [5, 5.41) is 13.3. The predicted molar refractivity (Wildman–Crippen MR) is 94.5 cm³/mol. The molecule has 0 radical (unpaired) electrons. The number of piperidine rings is 1. The van der Waals surface area contributed by atoms with Crippen LogP contribution < -0.4 is 4.90 Å². The lowest BCUT2D eigenvalue weighted by atomic mass is 9.97. The molecule has 3 heterocycles. The number of nitriles is 1. The summed E-state index contributed by atoms with van der Waals surface area (Å²) < 4.78 is 24.2. The number of oxazole rings is 1. The average molecular weight is 367 g/mol. The van der Waals surface area contributed by atoms with Crippen molar-refractivity contribution in [1.82, 2.24) is 15.1 Å². The minimum Gasteiger partial charge on any atom is -0.424 e. The number of aryl methyl sites for hydroxylation is 1.